The van der Waals surface area contributed by atoms with E-state index >= 15 is 0 Å². The van der Waals surface area contributed by atoms with Gasteiger partial charge in [-0.2, -0.15) is 0 Å². The molecule has 0 saturated carbocycles. The predicted octanol–water partition coefficient (Wildman–Crippen LogP) is 3.78. The Balaban J connectivity index is 1.80. The van der Waals surface area contributed by atoms with Gasteiger partial charge in [0.15, 0.2) is 0 Å². The maximum absolute atomic E-state index is 12.6. The van der Waals surface area contributed by atoms with Gasteiger partial charge in [0.05, 0.1) is 11.9 Å². The van der Waals surface area contributed by atoms with E-state index in [4.69, 9.17) is 0 Å². The molecule has 2 N–H and O–H groups in total. The maximum atomic E-state index is 12.6. The van der Waals surface area contributed by atoms with Crippen LogP contribution in [0, 0.1) is 13.8 Å². The highest BCUT2D eigenvalue weighted by atomic mass is 16.2. The van der Waals surface area contributed by atoms with Crippen molar-refractivity contribution in [3.05, 3.63) is 70.9 Å². The number of hydrogen-bond donors (Lipinski definition) is 2. The number of aromatic nitrogens is 1. The van der Waals surface area contributed by atoms with Crippen LogP contribution >= 0.6 is 0 Å². The monoisotopic (exact) mass is 361 g/mol. The zero-order valence-electron chi connectivity index (χ0n) is 15.8. The average Bonchev–Trinajstić information content (AvgIpc) is 2.65. The molecule has 1 aromatic heterocycles. The minimum Gasteiger partial charge on any atom is -0.352 e. The van der Waals surface area contributed by atoms with E-state index in [1.165, 1.54) is 0 Å². The first-order valence-electron chi connectivity index (χ1n) is 9.02. The summed E-state index contributed by atoms with van der Waals surface area (Å²) in [4.78, 5) is 29.2. The van der Waals surface area contributed by atoms with Crippen LogP contribution in [0.1, 0.15) is 34.1 Å². The molecule has 0 unspecified atom stereocenters. The van der Waals surface area contributed by atoms with E-state index in [1.54, 1.807) is 24.3 Å². The van der Waals surface area contributed by atoms with Crippen LogP contribution in [0.25, 0.3) is 10.9 Å². The van der Waals surface area contributed by atoms with Crippen molar-refractivity contribution in [1.29, 1.82) is 0 Å². The summed E-state index contributed by atoms with van der Waals surface area (Å²) in [5, 5.41) is 6.70. The van der Waals surface area contributed by atoms with Gasteiger partial charge in [-0.15, -0.1) is 0 Å². The molecule has 5 nitrogen and oxygen atoms in total. The zero-order chi connectivity index (χ0) is 19.4. The third-order valence-electron chi connectivity index (χ3n) is 4.57. The van der Waals surface area contributed by atoms with Crippen LogP contribution in [-0.4, -0.2) is 23.3 Å². The molecule has 2 aromatic carbocycles. The van der Waals surface area contributed by atoms with Crippen LogP contribution < -0.4 is 10.6 Å². The second-order valence-corrected chi connectivity index (χ2v) is 6.48. The summed E-state index contributed by atoms with van der Waals surface area (Å²) in [6.45, 7) is 6.38. The van der Waals surface area contributed by atoms with Gasteiger partial charge in [0.1, 0.15) is 0 Å². The smallest absolute Gasteiger partial charge is 0.251 e. The van der Waals surface area contributed by atoms with Gasteiger partial charge in [0, 0.05) is 28.9 Å². The highest BCUT2D eigenvalue weighted by Gasteiger charge is 2.14. The van der Waals surface area contributed by atoms with E-state index in [9.17, 15) is 9.59 Å². The van der Waals surface area contributed by atoms with Crippen LogP contribution in [0.3, 0.4) is 0 Å². The molecule has 3 aromatic rings. The standard InChI is InChI=1S/C22H23N3O2/c1-4-23-22(27)16-8-7-9-17(12-16)25-21(26)13-19-14(2)18-10-5-6-11-20(18)24-15(19)3/h5-12H,4,13H2,1-3H3,(H,23,27)(H,25,26). The lowest BCUT2D eigenvalue weighted by atomic mass is 9.99. The number of fused-ring (bicyclic) bond motifs is 1. The van der Waals surface area contributed by atoms with Crippen molar-refractivity contribution in [2.45, 2.75) is 27.2 Å². The van der Waals surface area contributed by atoms with Gasteiger partial charge >= 0.3 is 0 Å². The number of amides is 2. The number of nitrogens with one attached hydrogen (secondary N) is 2. The van der Waals surface area contributed by atoms with Crippen molar-refractivity contribution in [2.24, 2.45) is 0 Å². The molecule has 0 aliphatic rings. The lowest BCUT2D eigenvalue weighted by Gasteiger charge is -2.13. The van der Waals surface area contributed by atoms with E-state index in [-0.39, 0.29) is 18.2 Å². The Morgan fingerprint density at radius 3 is 2.59 bits per heavy atom. The Hall–Kier alpha value is -3.21. The molecule has 0 saturated heterocycles. The van der Waals surface area contributed by atoms with Crippen LogP contribution in [0.4, 0.5) is 5.69 Å². The van der Waals surface area contributed by atoms with Crippen molar-refractivity contribution >= 4 is 28.4 Å². The minimum absolute atomic E-state index is 0.133. The summed E-state index contributed by atoms with van der Waals surface area (Å²) in [6.07, 6.45) is 0.237. The van der Waals surface area contributed by atoms with E-state index in [0.717, 1.165) is 27.7 Å². The summed E-state index contributed by atoms with van der Waals surface area (Å²) in [5.41, 5.74) is 4.93. The summed E-state index contributed by atoms with van der Waals surface area (Å²) in [6, 6.07) is 14.9. The molecule has 0 aliphatic heterocycles. The number of benzene rings is 2. The lowest BCUT2D eigenvalue weighted by molar-refractivity contribution is -0.115. The van der Waals surface area contributed by atoms with E-state index < -0.39 is 0 Å². The molecule has 27 heavy (non-hydrogen) atoms. The summed E-state index contributed by atoms with van der Waals surface area (Å²) < 4.78 is 0. The van der Waals surface area contributed by atoms with Crippen LogP contribution in [0.5, 0.6) is 0 Å². The summed E-state index contributed by atoms with van der Waals surface area (Å²) in [7, 11) is 0. The van der Waals surface area contributed by atoms with E-state index in [2.05, 4.69) is 15.6 Å². The number of carbonyl (C=O) groups excluding carboxylic acids is 2. The first-order chi connectivity index (χ1) is 13.0. The number of hydrogen-bond acceptors (Lipinski definition) is 3. The van der Waals surface area contributed by atoms with Gasteiger partial charge in [0.25, 0.3) is 5.91 Å². The van der Waals surface area contributed by atoms with Gasteiger partial charge < -0.3 is 10.6 Å². The third kappa shape index (κ3) is 4.14. The maximum Gasteiger partial charge on any atom is 0.251 e. The van der Waals surface area contributed by atoms with Gasteiger partial charge in [-0.25, -0.2) is 0 Å². The SMILES string of the molecule is CCNC(=O)c1cccc(NC(=O)Cc2c(C)nc3ccccc3c2C)c1. The molecule has 3 rings (SSSR count). The number of carbonyl (C=O) groups is 2. The molecule has 0 atom stereocenters. The number of nitrogens with zero attached hydrogens (tertiary/aromatic N) is 1. The Morgan fingerprint density at radius 2 is 1.81 bits per heavy atom. The highest BCUT2D eigenvalue weighted by molar-refractivity contribution is 5.98. The number of para-hydroxylation sites is 1. The van der Waals surface area contributed by atoms with Gasteiger partial charge in [-0.1, -0.05) is 24.3 Å². The second kappa shape index (κ2) is 7.99. The normalized spacial score (nSPS) is 10.6. The average molecular weight is 361 g/mol. The molecule has 0 radical (unpaired) electrons. The first-order valence-corrected chi connectivity index (χ1v) is 9.02. The minimum atomic E-state index is -0.154. The number of pyridine rings is 1. The second-order valence-electron chi connectivity index (χ2n) is 6.48. The van der Waals surface area contributed by atoms with Crippen molar-refractivity contribution in [3.63, 3.8) is 0 Å². The van der Waals surface area contributed by atoms with Crippen LogP contribution in [0.15, 0.2) is 48.5 Å². The molecule has 1 heterocycles. The number of rotatable bonds is 5. The zero-order valence-corrected chi connectivity index (χ0v) is 15.8. The molecule has 2 amide bonds. The summed E-state index contributed by atoms with van der Waals surface area (Å²) >= 11 is 0. The van der Waals surface area contributed by atoms with Crippen LogP contribution in [-0.2, 0) is 11.2 Å². The fourth-order valence-corrected chi connectivity index (χ4v) is 3.20. The molecule has 5 heteroatoms. The predicted molar refractivity (Wildman–Crippen MR) is 108 cm³/mol. The molecular formula is C22H23N3O2. The Labute approximate surface area is 158 Å². The molecule has 0 aliphatic carbocycles. The molecule has 0 spiro atoms. The summed E-state index contributed by atoms with van der Waals surface area (Å²) in [5.74, 6) is -0.287. The van der Waals surface area contributed by atoms with E-state index in [1.807, 2.05) is 45.0 Å². The Morgan fingerprint density at radius 1 is 1.04 bits per heavy atom. The Kier molecular flexibility index (Phi) is 5.50. The molecule has 0 fully saturated rings. The number of aryl methyl sites for hydroxylation is 2. The topological polar surface area (TPSA) is 71.1 Å². The van der Waals surface area contributed by atoms with Gasteiger partial charge in [0.2, 0.25) is 5.91 Å². The van der Waals surface area contributed by atoms with Crippen molar-refractivity contribution in [1.82, 2.24) is 10.3 Å². The van der Waals surface area contributed by atoms with Gasteiger partial charge in [-0.3, -0.25) is 14.6 Å². The third-order valence-corrected chi connectivity index (χ3v) is 4.57. The van der Waals surface area contributed by atoms with Crippen LogP contribution in [0.2, 0.25) is 0 Å². The van der Waals surface area contributed by atoms with Crippen molar-refractivity contribution in [2.75, 3.05) is 11.9 Å². The Bertz CT molecular complexity index is 1010. The molecular weight excluding hydrogens is 338 g/mol. The fourth-order valence-electron chi connectivity index (χ4n) is 3.20. The van der Waals surface area contributed by atoms with Crippen molar-refractivity contribution in [3.8, 4) is 0 Å². The molecule has 138 valence electrons. The highest BCUT2D eigenvalue weighted by Crippen LogP contribution is 2.23. The lowest BCUT2D eigenvalue weighted by Crippen LogP contribution is -2.23. The van der Waals surface area contributed by atoms with E-state index in [0.29, 0.717) is 17.8 Å². The van der Waals surface area contributed by atoms with Crippen molar-refractivity contribution < 1.29 is 9.59 Å². The fraction of sp³-hybridized carbons (Fsp3) is 0.227. The van der Waals surface area contributed by atoms with Gasteiger partial charge in [-0.05, 0) is 56.2 Å². The largest absolute Gasteiger partial charge is 0.352 e. The quantitative estimate of drug-likeness (QED) is 0.726. The first kappa shape index (κ1) is 18.6. The number of anilines is 1. The molecule has 0 bridgehead atoms.